The van der Waals surface area contributed by atoms with Crippen LogP contribution in [0.5, 0.6) is 5.75 Å². The van der Waals surface area contributed by atoms with Crippen molar-refractivity contribution in [2.75, 3.05) is 19.7 Å². The number of carbonyl (C=O) groups excluding carboxylic acids is 1. The first kappa shape index (κ1) is 14.1. The van der Waals surface area contributed by atoms with E-state index in [2.05, 4.69) is 0 Å². The van der Waals surface area contributed by atoms with Gasteiger partial charge in [0, 0.05) is 0 Å². The lowest BCUT2D eigenvalue weighted by Crippen LogP contribution is -2.63. The van der Waals surface area contributed by atoms with Crippen LogP contribution in [0.1, 0.15) is 13.3 Å². The van der Waals surface area contributed by atoms with Crippen molar-refractivity contribution in [3.8, 4) is 5.75 Å². The number of amides is 1. The lowest BCUT2D eigenvalue weighted by atomic mass is 9.91. The van der Waals surface area contributed by atoms with Crippen molar-refractivity contribution in [1.82, 2.24) is 4.90 Å². The molecule has 1 N–H and O–H groups in total. The highest BCUT2D eigenvalue weighted by molar-refractivity contribution is 6.32. The number of benzene rings is 1. The number of nitrogens with zero attached hydrogens (tertiary/aromatic N) is 1. The van der Waals surface area contributed by atoms with E-state index in [0.29, 0.717) is 19.5 Å². The first-order valence-corrected chi connectivity index (χ1v) is 6.39. The average Bonchev–Trinajstić information content (AvgIpc) is 2.33. The molecule has 0 bridgehead atoms. The maximum absolute atomic E-state index is 12.8. The lowest BCUT2D eigenvalue weighted by molar-refractivity contribution is -0.157. The number of halogens is 2. The van der Waals surface area contributed by atoms with Crippen LogP contribution >= 0.6 is 11.6 Å². The summed E-state index contributed by atoms with van der Waals surface area (Å²) in [5.74, 6) is -0.416. The van der Waals surface area contributed by atoms with Gasteiger partial charge in [-0.2, -0.15) is 0 Å². The van der Waals surface area contributed by atoms with E-state index in [1.54, 1.807) is 0 Å². The first-order valence-electron chi connectivity index (χ1n) is 6.01. The van der Waals surface area contributed by atoms with Crippen LogP contribution in [0.4, 0.5) is 4.39 Å². The minimum absolute atomic E-state index is 0.126. The molecule has 4 nitrogen and oxygen atoms in total. The summed E-state index contributed by atoms with van der Waals surface area (Å²) in [5, 5.41) is 9.93. The second-order valence-corrected chi connectivity index (χ2v) is 5.10. The number of ether oxygens (including phenoxy) is 1. The molecule has 2 rings (SSSR count). The highest BCUT2D eigenvalue weighted by Gasteiger charge is 2.41. The third-order valence-corrected chi connectivity index (χ3v) is 3.52. The largest absolute Gasteiger partial charge is 0.482 e. The van der Waals surface area contributed by atoms with Gasteiger partial charge < -0.3 is 14.7 Å². The summed E-state index contributed by atoms with van der Waals surface area (Å²) >= 11 is 5.78. The van der Waals surface area contributed by atoms with Gasteiger partial charge in [0.1, 0.15) is 11.6 Å². The molecule has 0 saturated carbocycles. The van der Waals surface area contributed by atoms with Crippen LogP contribution in [0.15, 0.2) is 18.2 Å². The highest BCUT2D eigenvalue weighted by Crippen LogP contribution is 2.26. The highest BCUT2D eigenvalue weighted by atomic mass is 35.5. The number of hydrogen-bond donors (Lipinski definition) is 1. The average molecular weight is 288 g/mol. The third kappa shape index (κ3) is 3.16. The van der Waals surface area contributed by atoms with Gasteiger partial charge in [0.25, 0.3) is 5.91 Å². The van der Waals surface area contributed by atoms with Crippen LogP contribution in [0, 0.1) is 5.82 Å². The molecule has 0 atom stereocenters. The van der Waals surface area contributed by atoms with Gasteiger partial charge in [0.05, 0.1) is 23.7 Å². The summed E-state index contributed by atoms with van der Waals surface area (Å²) in [6.07, 6.45) is 0.613. The Balaban J connectivity index is 1.85. The van der Waals surface area contributed by atoms with Gasteiger partial charge in [0.15, 0.2) is 6.61 Å². The van der Waals surface area contributed by atoms with Crippen molar-refractivity contribution >= 4 is 17.5 Å². The number of likely N-dealkylation sites (tertiary alicyclic amines) is 1. The summed E-state index contributed by atoms with van der Waals surface area (Å²) in [6, 6.07) is 3.72. The minimum atomic E-state index is -0.761. The quantitative estimate of drug-likeness (QED) is 0.919. The zero-order valence-electron chi connectivity index (χ0n) is 10.5. The van der Waals surface area contributed by atoms with Gasteiger partial charge in [0.2, 0.25) is 0 Å². The fraction of sp³-hybridized carbons (Fsp3) is 0.462. The minimum Gasteiger partial charge on any atom is -0.482 e. The Morgan fingerprint density at radius 1 is 1.58 bits per heavy atom. The maximum atomic E-state index is 12.8. The molecule has 1 saturated heterocycles. The first-order chi connectivity index (χ1) is 8.93. The SMILES string of the molecule is CCC1(O)CN(C(=O)COc2ccc(F)cc2Cl)C1. The van der Waals surface area contributed by atoms with E-state index >= 15 is 0 Å². The van der Waals surface area contributed by atoms with E-state index in [4.69, 9.17) is 16.3 Å². The monoisotopic (exact) mass is 287 g/mol. The fourth-order valence-electron chi connectivity index (χ4n) is 1.89. The predicted octanol–water partition coefficient (Wildman–Crippen LogP) is 1.84. The number of β-amino-alcohol motifs (C(OH)–C–C–N with tert-alkyl or cyclic N) is 1. The Bertz CT molecular complexity index is 489. The van der Waals surface area contributed by atoms with Crippen LogP contribution in [0.25, 0.3) is 0 Å². The zero-order valence-corrected chi connectivity index (χ0v) is 11.3. The van der Waals surface area contributed by atoms with Crippen molar-refractivity contribution in [3.05, 3.63) is 29.0 Å². The zero-order chi connectivity index (χ0) is 14.0. The van der Waals surface area contributed by atoms with Gasteiger partial charge in [-0.25, -0.2) is 4.39 Å². The molecule has 0 aliphatic carbocycles. The number of hydrogen-bond acceptors (Lipinski definition) is 3. The van der Waals surface area contributed by atoms with Crippen molar-refractivity contribution in [2.24, 2.45) is 0 Å². The molecule has 1 aromatic carbocycles. The number of carbonyl (C=O) groups is 1. The van der Waals surface area contributed by atoms with Crippen molar-refractivity contribution in [3.63, 3.8) is 0 Å². The molecule has 0 aromatic heterocycles. The summed E-state index contributed by atoms with van der Waals surface area (Å²) in [4.78, 5) is 13.3. The van der Waals surface area contributed by atoms with Crippen LogP contribution in [0.2, 0.25) is 5.02 Å². The van der Waals surface area contributed by atoms with E-state index in [1.165, 1.54) is 17.0 Å². The molecule has 1 aliphatic heterocycles. The van der Waals surface area contributed by atoms with Gasteiger partial charge in [-0.15, -0.1) is 0 Å². The summed E-state index contributed by atoms with van der Waals surface area (Å²) in [5.41, 5.74) is -0.761. The molecule has 1 amide bonds. The Labute approximate surface area is 115 Å². The van der Waals surface area contributed by atoms with Gasteiger partial charge in [-0.3, -0.25) is 4.79 Å². The number of rotatable bonds is 4. The van der Waals surface area contributed by atoms with E-state index in [9.17, 15) is 14.3 Å². The van der Waals surface area contributed by atoms with Gasteiger partial charge >= 0.3 is 0 Å². The van der Waals surface area contributed by atoms with Crippen LogP contribution < -0.4 is 4.74 Å². The Hall–Kier alpha value is -1.33. The smallest absolute Gasteiger partial charge is 0.260 e. The normalized spacial score (nSPS) is 16.9. The molecule has 0 unspecified atom stereocenters. The second-order valence-electron chi connectivity index (χ2n) is 4.69. The Morgan fingerprint density at radius 2 is 2.26 bits per heavy atom. The molecule has 0 radical (unpaired) electrons. The molecule has 104 valence electrons. The maximum Gasteiger partial charge on any atom is 0.260 e. The van der Waals surface area contributed by atoms with E-state index in [1.807, 2.05) is 6.92 Å². The van der Waals surface area contributed by atoms with Crippen molar-refractivity contribution in [1.29, 1.82) is 0 Å². The van der Waals surface area contributed by atoms with Gasteiger partial charge in [-0.05, 0) is 24.6 Å². The molecule has 19 heavy (non-hydrogen) atoms. The van der Waals surface area contributed by atoms with Crippen LogP contribution in [-0.2, 0) is 4.79 Å². The standard InChI is InChI=1S/C13H15ClFNO3/c1-2-13(18)7-16(8-13)12(17)6-19-11-4-3-9(15)5-10(11)14/h3-5,18H,2,6-8H2,1H3. The molecule has 1 aromatic rings. The second kappa shape index (κ2) is 5.35. The van der Waals surface area contributed by atoms with Crippen molar-refractivity contribution < 1.29 is 19.0 Å². The predicted molar refractivity (Wildman–Crippen MR) is 68.7 cm³/mol. The summed E-state index contributed by atoms with van der Waals surface area (Å²) in [7, 11) is 0. The van der Waals surface area contributed by atoms with Crippen LogP contribution in [-0.4, -0.2) is 41.2 Å². The molecule has 0 spiro atoms. The molecule has 1 fully saturated rings. The van der Waals surface area contributed by atoms with E-state index < -0.39 is 11.4 Å². The van der Waals surface area contributed by atoms with Gasteiger partial charge in [-0.1, -0.05) is 18.5 Å². The van der Waals surface area contributed by atoms with E-state index in [0.717, 1.165) is 6.07 Å². The molecule has 1 heterocycles. The fourth-order valence-corrected chi connectivity index (χ4v) is 2.11. The third-order valence-electron chi connectivity index (χ3n) is 3.23. The van der Waals surface area contributed by atoms with E-state index in [-0.39, 0.29) is 23.3 Å². The summed E-state index contributed by atoms with van der Waals surface area (Å²) < 4.78 is 18.1. The topological polar surface area (TPSA) is 49.8 Å². The molecule has 6 heteroatoms. The molecular weight excluding hydrogens is 273 g/mol. The Morgan fingerprint density at radius 3 is 2.84 bits per heavy atom. The number of aliphatic hydroxyl groups is 1. The van der Waals surface area contributed by atoms with Crippen molar-refractivity contribution in [2.45, 2.75) is 18.9 Å². The summed E-state index contributed by atoms with van der Waals surface area (Å²) in [6.45, 7) is 2.34. The Kier molecular flexibility index (Phi) is 3.96. The lowest BCUT2D eigenvalue weighted by Gasteiger charge is -2.45. The van der Waals surface area contributed by atoms with Crippen LogP contribution in [0.3, 0.4) is 0 Å². The molecule has 1 aliphatic rings. The molecular formula is C13H15ClFNO3.